The lowest BCUT2D eigenvalue weighted by molar-refractivity contribution is -0.143. The van der Waals surface area contributed by atoms with Gasteiger partial charge in [0.1, 0.15) is 6.04 Å². The summed E-state index contributed by atoms with van der Waals surface area (Å²) >= 11 is 1.55. The number of carbonyl (C=O) groups is 1. The summed E-state index contributed by atoms with van der Waals surface area (Å²) < 4.78 is 4.80. The summed E-state index contributed by atoms with van der Waals surface area (Å²) in [5.41, 5.74) is 0. The van der Waals surface area contributed by atoms with Crippen LogP contribution in [0.1, 0.15) is 19.3 Å². The molecule has 1 unspecified atom stereocenters. The van der Waals surface area contributed by atoms with Crippen LogP contribution in [-0.4, -0.2) is 40.9 Å². The molecule has 1 aromatic heterocycles. The van der Waals surface area contributed by atoms with Crippen LogP contribution in [0, 0.1) is 0 Å². The Bertz CT molecular complexity index is 384. The Morgan fingerprint density at radius 3 is 2.89 bits per heavy atom. The van der Waals surface area contributed by atoms with Gasteiger partial charge >= 0.3 is 5.97 Å². The summed E-state index contributed by atoms with van der Waals surface area (Å²) in [4.78, 5) is 19.9. The number of nitrogens with one attached hydrogen (secondary N) is 1. The first-order valence-corrected chi connectivity index (χ1v) is 7.02. The first kappa shape index (κ1) is 13.3. The van der Waals surface area contributed by atoms with Crippen molar-refractivity contribution in [2.75, 3.05) is 12.9 Å². The molecule has 0 aromatic carbocycles. The fraction of sp³-hybridized carbons (Fsp3) is 0.583. The topological polar surface area (TPSA) is 64.1 Å². The van der Waals surface area contributed by atoms with Gasteiger partial charge in [0.25, 0.3) is 0 Å². The molecular formula is C12H17N3O2S. The minimum atomic E-state index is -0.210. The van der Waals surface area contributed by atoms with Crippen LogP contribution in [0.3, 0.4) is 0 Å². The normalized spacial score (nSPS) is 16.3. The number of rotatable bonds is 7. The molecule has 0 amide bonds. The van der Waals surface area contributed by atoms with Crippen LogP contribution >= 0.6 is 11.8 Å². The molecule has 1 aliphatic rings. The fourth-order valence-corrected chi connectivity index (χ4v) is 2.38. The van der Waals surface area contributed by atoms with Gasteiger partial charge in [-0.2, -0.15) is 0 Å². The van der Waals surface area contributed by atoms with Crippen LogP contribution in [0.25, 0.3) is 0 Å². The first-order valence-electron chi connectivity index (χ1n) is 6.03. The molecule has 1 N–H and O–H groups in total. The van der Waals surface area contributed by atoms with E-state index in [1.807, 2.05) is 0 Å². The molecular weight excluding hydrogens is 250 g/mol. The Morgan fingerprint density at radius 2 is 2.28 bits per heavy atom. The van der Waals surface area contributed by atoms with E-state index in [0.29, 0.717) is 6.04 Å². The SMILES string of the molecule is COC(=O)C(CCSc1ncccn1)NC1CC1. The second-order valence-corrected chi connectivity index (χ2v) is 5.25. The predicted octanol–water partition coefficient (Wildman–Crippen LogP) is 1.25. The lowest BCUT2D eigenvalue weighted by Gasteiger charge is -2.15. The number of carbonyl (C=O) groups excluding carboxylic acids is 1. The van der Waals surface area contributed by atoms with Gasteiger partial charge in [0.05, 0.1) is 7.11 Å². The third-order valence-electron chi connectivity index (χ3n) is 2.68. The van der Waals surface area contributed by atoms with Crippen LogP contribution in [0.15, 0.2) is 23.6 Å². The molecule has 1 heterocycles. The van der Waals surface area contributed by atoms with E-state index in [2.05, 4.69) is 15.3 Å². The van der Waals surface area contributed by atoms with Crippen molar-refractivity contribution in [2.24, 2.45) is 0 Å². The monoisotopic (exact) mass is 267 g/mol. The highest BCUT2D eigenvalue weighted by Gasteiger charge is 2.28. The summed E-state index contributed by atoms with van der Waals surface area (Å²) in [5, 5.41) is 4.04. The zero-order chi connectivity index (χ0) is 12.8. The third kappa shape index (κ3) is 4.27. The zero-order valence-corrected chi connectivity index (χ0v) is 11.2. The molecule has 6 heteroatoms. The number of hydrogen-bond donors (Lipinski definition) is 1. The largest absolute Gasteiger partial charge is 0.468 e. The summed E-state index contributed by atoms with van der Waals surface area (Å²) in [5.74, 6) is 0.611. The summed E-state index contributed by atoms with van der Waals surface area (Å²) in [6.45, 7) is 0. The van der Waals surface area contributed by atoms with Gasteiger partial charge in [-0.1, -0.05) is 11.8 Å². The van der Waals surface area contributed by atoms with Crippen LogP contribution in [0.4, 0.5) is 0 Å². The van der Waals surface area contributed by atoms with Gasteiger partial charge in [-0.3, -0.25) is 4.79 Å². The predicted molar refractivity (Wildman–Crippen MR) is 69.3 cm³/mol. The second-order valence-electron chi connectivity index (χ2n) is 4.19. The molecule has 1 atom stereocenters. The Hall–Kier alpha value is -1.14. The standard InChI is InChI=1S/C12H17N3O2S/c1-17-11(16)10(15-9-3-4-9)5-8-18-12-13-6-2-7-14-12/h2,6-7,9-10,15H,3-5,8H2,1H3. The second kappa shape index (κ2) is 6.70. The number of nitrogens with zero attached hydrogens (tertiary/aromatic N) is 2. The highest BCUT2D eigenvalue weighted by atomic mass is 32.2. The molecule has 18 heavy (non-hydrogen) atoms. The number of esters is 1. The van der Waals surface area contributed by atoms with Gasteiger partial charge in [0.15, 0.2) is 5.16 Å². The van der Waals surface area contributed by atoms with E-state index < -0.39 is 0 Å². The van der Waals surface area contributed by atoms with Gasteiger partial charge < -0.3 is 10.1 Å². The minimum Gasteiger partial charge on any atom is -0.468 e. The molecule has 1 fully saturated rings. The summed E-state index contributed by atoms with van der Waals surface area (Å²) in [6.07, 6.45) is 6.47. The van der Waals surface area contributed by atoms with Crippen molar-refractivity contribution in [1.29, 1.82) is 0 Å². The molecule has 0 aliphatic heterocycles. The van der Waals surface area contributed by atoms with E-state index in [4.69, 9.17) is 4.74 Å². The smallest absolute Gasteiger partial charge is 0.322 e. The number of ether oxygens (including phenoxy) is 1. The molecule has 0 bridgehead atoms. The van der Waals surface area contributed by atoms with Crippen LogP contribution in [0.5, 0.6) is 0 Å². The Kier molecular flexibility index (Phi) is 4.95. The molecule has 1 aromatic rings. The molecule has 0 radical (unpaired) electrons. The van der Waals surface area contributed by atoms with E-state index in [0.717, 1.165) is 30.2 Å². The Labute approximate surface area is 111 Å². The van der Waals surface area contributed by atoms with E-state index >= 15 is 0 Å². The number of methoxy groups -OCH3 is 1. The Balaban J connectivity index is 1.76. The maximum Gasteiger partial charge on any atom is 0.322 e. The van der Waals surface area contributed by atoms with E-state index in [1.54, 1.807) is 30.2 Å². The van der Waals surface area contributed by atoms with Crippen molar-refractivity contribution in [3.8, 4) is 0 Å². The van der Waals surface area contributed by atoms with Crippen molar-refractivity contribution in [1.82, 2.24) is 15.3 Å². The fourth-order valence-electron chi connectivity index (χ4n) is 1.57. The maximum atomic E-state index is 11.6. The molecule has 1 aliphatic carbocycles. The number of hydrogen-bond acceptors (Lipinski definition) is 6. The number of thioether (sulfide) groups is 1. The average Bonchev–Trinajstić information content (AvgIpc) is 3.22. The van der Waals surface area contributed by atoms with Gasteiger partial charge in [-0.15, -0.1) is 0 Å². The lowest BCUT2D eigenvalue weighted by atomic mass is 10.2. The lowest BCUT2D eigenvalue weighted by Crippen LogP contribution is -2.39. The minimum absolute atomic E-state index is 0.184. The zero-order valence-electron chi connectivity index (χ0n) is 10.3. The molecule has 5 nitrogen and oxygen atoms in total. The van der Waals surface area contributed by atoms with Crippen molar-refractivity contribution in [2.45, 2.75) is 36.5 Å². The van der Waals surface area contributed by atoms with Crippen LogP contribution in [-0.2, 0) is 9.53 Å². The summed E-state index contributed by atoms with van der Waals surface area (Å²) in [7, 11) is 1.43. The molecule has 0 saturated heterocycles. The molecule has 2 rings (SSSR count). The summed E-state index contributed by atoms with van der Waals surface area (Å²) in [6, 6.07) is 2.07. The van der Waals surface area contributed by atoms with Gasteiger partial charge in [0.2, 0.25) is 0 Å². The van der Waals surface area contributed by atoms with E-state index in [9.17, 15) is 4.79 Å². The quantitative estimate of drug-likeness (QED) is 0.456. The van der Waals surface area contributed by atoms with Crippen LogP contribution in [0.2, 0.25) is 0 Å². The van der Waals surface area contributed by atoms with Crippen LogP contribution < -0.4 is 5.32 Å². The maximum absolute atomic E-state index is 11.6. The van der Waals surface area contributed by atoms with Crippen molar-refractivity contribution < 1.29 is 9.53 Å². The molecule has 98 valence electrons. The highest BCUT2D eigenvalue weighted by Crippen LogP contribution is 2.21. The highest BCUT2D eigenvalue weighted by molar-refractivity contribution is 7.99. The van der Waals surface area contributed by atoms with Gasteiger partial charge in [-0.25, -0.2) is 9.97 Å². The van der Waals surface area contributed by atoms with E-state index in [-0.39, 0.29) is 12.0 Å². The number of aromatic nitrogens is 2. The van der Waals surface area contributed by atoms with Crippen molar-refractivity contribution >= 4 is 17.7 Å². The van der Waals surface area contributed by atoms with Crippen molar-refractivity contribution in [3.05, 3.63) is 18.5 Å². The molecule has 0 spiro atoms. The third-order valence-corrected chi connectivity index (χ3v) is 3.59. The first-order chi connectivity index (χ1) is 8.79. The molecule has 1 saturated carbocycles. The van der Waals surface area contributed by atoms with Gasteiger partial charge in [0, 0.05) is 24.2 Å². The Morgan fingerprint density at radius 1 is 1.56 bits per heavy atom. The van der Waals surface area contributed by atoms with Gasteiger partial charge in [-0.05, 0) is 25.3 Å². The van der Waals surface area contributed by atoms with E-state index in [1.165, 1.54) is 7.11 Å². The van der Waals surface area contributed by atoms with Crippen molar-refractivity contribution in [3.63, 3.8) is 0 Å². The average molecular weight is 267 g/mol.